The highest BCUT2D eigenvalue weighted by Gasteiger charge is 2.49. The molecule has 5 heteroatoms. The summed E-state index contributed by atoms with van der Waals surface area (Å²) in [5, 5.41) is 6.46. The van der Waals surface area contributed by atoms with E-state index in [1.54, 1.807) is 19.3 Å². The van der Waals surface area contributed by atoms with Gasteiger partial charge in [-0.3, -0.25) is 9.59 Å². The minimum atomic E-state index is -0.264. The van der Waals surface area contributed by atoms with Crippen LogP contribution in [-0.2, 0) is 11.8 Å². The molecule has 1 aromatic rings. The molecular weight excluding hydrogens is 266 g/mol. The lowest BCUT2D eigenvalue weighted by atomic mass is 9.67. The van der Waals surface area contributed by atoms with Crippen LogP contribution in [-0.4, -0.2) is 23.6 Å². The Hall–Kier alpha value is -1.62. The number of pyridine rings is 1. The van der Waals surface area contributed by atoms with E-state index >= 15 is 0 Å². The largest absolute Gasteiger partial charge is 0.324 e. The first-order valence-electron chi connectivity index (χ1n) is 7.72. The van der Waals surface area contributed by atoms with Crippen molar-refractivity contribution < 1.29 is 4.79 Å². The molecule has 0 spiro atoms. The number of aromatic nitrogens is 1. The van der Waals surface area contributed by atoms with Crippen molar-refractivity contribution in [1.29, 1.82) is 0 Å². The van der Waals surface area contributed by atoms with Crippen LogP contribution in [0.15, 0.2) is 17.1 Å². The molecule has 0 unspecified atom stereocenters. The second-order valence-electron chi connectivity index (χ2n) is 6.50. The van der Waals surface area contributed by atoms with Gasteiger partial charge in [-0.2, -0.15) is 0 Å². The summed E-state index contributed by atoms with van der Waals surface area (Å²) in [6.45, 7) is 3.58. The minimum absolute atomic E-state index is 0.0539. The highest BCUT2D eigenvalue weighted by molar-refractivity contribution is 5.96. The second kappa shape index (κ2) is 5.30. The third-order valence-electron chi connectivity index (χ3n) is 5.17. The molecule has 1 aliphatic carbocycles. The maximum absolute atomic E-state index is 12.9. The first-order chi connectivity index (χ1) is 10.0. The topological polar surface area (TPSA) is 63.1 Å². The van der Waals surface area contributed by atoms with Crippen LogP contribution in [0.3, 0.4) is 0 Å². The molecule has 1 saturated carbocycles. The maximum atomic E-state index is 12.9. The van der Waals surface area contributed by atoms with E-state index < -0.39 is 0 Å². The van der Waals surface area contributed by atoms with Crippen LogP contribution in [0.1, 0.15) is 31.2 Å². The number of rotatable bonds is 2. The van der Waals surface area contributed by atoms with Gasteiger partial charge in [0, 0.05) is 25.9 Å². The fourth-order valence-corrected chi connectivity index (χ4v) is 3.79. The van der Waals surface area contributed by atoms with E-state index in [2.05, 4.69) is 10.6 Å². The van der Waals surface area contributed by atoms with E-state index in [0.717, 1.165) is 43.6 Å². The van der Waals surface area contributed by atoms with Crippen molar-refractivity contribution >= 4 is 11.6 Å². The summed E-state index contributed by atoms with van der Waals surface area (Å²) in [7, 11) is 1.70. The summed E-state index contributed by atoms with van der Waals surface area (Å²) in [6.07, 6.45) is 6.15. The van der Waals surface area contributed by atoms with E-state index in [-0.39, 0.29) is 16.9 Å². The molecule has 21 heavy (non-hydrogen) atoms. The smallest absolute Gasteiger partial charge is 0.250 e. The molecule has 2 heterocycles. The monoisotopic (exact) mass is 289 g/mol. The summed E-state index contributed by atoms with van der Waals surface area (Å²) >= 11 is 0. The van der Waals surface area contributed by atoms with Crippen molar-refractivity contribution in [2.45, 2.75) is 32.6 Å². The molecule has 1 saturated heterocycles. The maximum Gasteiger partial charge on any atom is 0.250 e. The molecule has 0 aromatic carbocycles. The van der Waals surface area contributed by atoms with Gasteiger partial charge in [-0.25, -0.2) is 0 Å². The van der Waals surface area contributed by atoms with Gasteiger partial charge in [0.15, 0.2) is 0 Å². The van der Waals surface area contributed by atoms with Crippen LogP contribution in [0.2, 0.25) is 0 Å². The van der Waals surface area contributed by atoms with E-state index in [0.29, 0.717) is 5.92 Å². The predicted octanol–water partition coefficient (Wildman–Crippen LogP) is 1.41. The molecule has 2 aliphatic rings. The Morgan fingerprint density at radius 3 is 3.10 bits per heavy atom. The molecule has 1 aromatic heterocycles. The number of carbonyl (C=O) groups excluding carboxylic acids is 1. The summed E-state index contributed by atoms with van der Waals surface area (Å²) in [5.74, 6) is 0.554. The van der Waals surface area contributed by atoms with Crippen LogP contribution in [0.4, 0.5) is 5.69 Å². The van der Waals surface area contributed by atoms with Gasteiger partial charge >= 0.3 is 0 Å². The van der Waals surface area contributed by atoms with Crippen molar-refractivity contribution in [3.05, 3.63) is 28.2 Å². The van der Waals surface area contributed by atoms with Crippen molar-refractivity contribution in [1.82, 2.24) is 9.88 Å². The van der Waals surface area contributed by atoms with Gasteiger partial charge in [-0.05, 0) is 37.8 Å². The average molecular weight is 289 g/mol. The summed E-state index contributed by atoms with van der Waals surface area (Å²) in [5.41, 5.74) is 1.25. The van der Waals surface area contributed by atoms with Crippen molar-refractivity contribution in [3.8, 4) is 0 Å². The molecule has 1 amide bonds. The first kappa shape index (κ1) is 14.3. The SMILES string of the molecule is Cc1cc(=O)n(C)cc1NC(=O)[C@@]12CCCC[C@H]1CNC2. The number of carbonyl (C=O) groups is 1. The Kier molecular flexibility index (Phi) is 3.61. The fourth-order valence-electron chi connectivity index (χ4n) is 3.79. The van der Waals surface area contributed by atoms with Crippen LogP contribution in [0.25, 0.3) is 0 Å². The van der Waals surface area contributed by atoms with Crippen molar-refractivity contribution in [3.63, 3.8) is 0 Å². The zero-order valence-corrected chi connectivity index (χ0v) is 12.7. The second-order valence-corrected chi connectivity index (χ2v) is 6.50. The molecule has 0 radical (unpaired) electrons. The molecule has 1 aliphatic heterocycles. The molecule has 5 nitrogen and oxygen atoms in total. The van der Waals surface area contributed by atoms with E-state index in [9.17, 15) is 9.59 Å². The van der Waals surface area contributed by atoms with Crippen molar-refractivity contribution in [2.24, 2.45) is 18.4 Å². The van der Waals surface area contributed by atoms with Gasteiger partial charge in [-0.15, -0.1) is 0 Å². The lowest BCUT2D eigenvalue weighted by molar-refractivity contribution is -0.128. The Balaban J connectivity index is 1.86. The number of nitrogens with zero attached hydrogens (tertiary/aromatic N) is 1. The van der Waals surface area contributed by atoms with Crippen LogP contribution in [0.5, 0.6) is 0 Å². The number of aryl methyl sites for hydroxylation is 2. The Bertz CT molecular complexity index is 622. The molecule has 2 fully saturated rings. The number of fused-ring (bicyclic) bond motifs is 1. The highest BCUT2D eigenvalue weighted by atomic mass is 16.2. The minimum Gasteiger partial charge on any atom is -0.324 e. The number of anilines is 1. The average Bonchev–Trinajstić information content (AvgIpc) is 2.89. The summed E-state index contributed by atoms with van der Waals surface area (Å²) in [4.78, 5) is 24.5. The van der Waals surface area contributed by atoms with Gasteiger partial charge in [0.2, 0.25) is 5.91 Å². The fraction of sp³-hybridized carbons (Fsp3) is 0.625. The van der Waals surface area contributed by atoms with E-state index in [1.807, 2.05) is 6.92 Å². The van der Waals surface area contributed by atoms with Gasteiger partial charge in [0.05, 0.1) is 11.1 Å². The van der Waals surface area contributed by atoms with Crippen LogP contribution in [0, 0.1) is 18.3 Å². The van der Waals surface area contributed by atoms with Crippen LogP contribution < -0.4 is 16.2 Å². The first-order valence-corrected chi connectivity index (χ1v) is 7.72. The van der Waals surface area contributed by atoms with E-state index in [1.165, 1.54) is 11.0 Å². The lowest BCUT2D eigenvalue weighted by Crippen LogP contribution is -2.44. The van der Waals surface area contributed by atoms with Crippen LogP contribution >= 0.6 is 0 Å². The number of nitrogens with one attached hydrogen (secondary N) is 2. The quantitative estimate of drug-likeness (QED) is 0.865. The lowest BCUT2D eigenvalue weighted by Gasteiger charge is -2.37. The third kappa shape index (κ3) is 2.39. The Morgan fingerprint density at radius 2 is 2.29 bits per heavy atom. The molecule has 2 N–H and O–H groups in total. The normalized spacial score (nSPS) is 28.2. The Labute approximate surface area is 124 Å². The van der Waals surface area contributed by atoms with Gasteiger partial charge in [0.25, 0.3) is 5.56 Å². The summed E-state index contributed by atoms with van der Waals surface area (Å²) in [6, 6.07) is 1.57. The molecule has 2 atom stereocenters. The molecule has 114 valence electrons. The zero-order valence-electron chi connectivity index (χ0n) is 12.7. The highest BCUT2D eigenvalue weighted by Crippen LogP contribution is 2.44. The zero-order chi connectivity index (χ0) is 15.0. The number of hydrogen-bond acceptors (Lipinski definition) is 3. The summed E-state index contributed by atoms with van der Waals surface area (Å²) < 4.78 is 1.51. The standard InChI is InChI=1S/C16H23N3O2/c1-11-7-14(20)19(2)9-13(11)18-15(21)16-6-4-3-5-12(16)8-17-10-16/h7,9,12,17H,3-6,8,10H2,1-2H3,(H,18,21)/t12-,16+/m0/s1. The molecule has 3 rings (SSSR count). The third-order valence-corrected chi connectivity index (χ3v) is 5.17. The van der Waals surface area contributed by atoms with Gasteiger partial charge in [-0.1, -0.05) is 12.8 Å². The Morgan fingerprint density at radius 1 is 1.48 bits per heavy atom. The number of hydrogen-bond donors (Lipinski definition) is 2. The molecular formula is C16H23N3O2. The number of amides is 1. The predicted molar refractivity (Wildman–Crippen MR) is 82.3 cm³/mol. The van der Waals surface area contributed by atoms with Crippen molar-refractivity contribution in [2.75, 3.05) is 18.4 Å². The van der Waals surface area contributed by atoms with Gasteiger partial charge in [0.1, 0.15) is 0 Å². The van der Waals surface area contributed by atoms with Gasteiger partial charge < -0.3 is 15.2 Å². The van der Waals surface area contributed by atoms with E-state index in [4.69, 9.17) is 0 Å². The molecule has 0 bridgehead atoms.